The molecule has 0 bridgehead atoms. The molecule has 0 atom stereocenters. The van der Waals surface area contributed by atoms with Crippen LogP contribution >= 0.6 is 0 Å². The highest BCUT2D eigenvalue weighted by molar-refractivity contribution is 5.98. The Morgan fingerprint density at radius 2 is 1.05 bits per heavy atom. The zero-order valence-corrected chi connectivity index (χ0v) is 22.4. The van der Waals surface area contributed by atoms with Crippen LogP contribution in [-0.2, 0) is 11.0 Å². The van der Waals surface area contributed by atoms with Gasteiger partial charge in [-0.15, -0.1) is 0 Å². The van der Waals surface area contributed by atoms with Crippen molar-refractivity contribution in [3.05, 3.63) is 108 Å². The number of fused-ring (bicyclic) bond motifs is 2. The Kier molecular flexibility index (Phi) is 5.78. The fourth-order valence-electron chi connectivity index (χ4n) is 4.74. The van der Waals surface area contributed by atoms with Gasteiger partial charge in [0, 0.05) is 5.54 Å². The van der Waals surface area contributed by atoms with Crippen molar-refractivity contribution in [1.82, 2.24) is 9.13 Å². The molecule has 0 spiro atoms. The van der Waals surface area contributed by atoms with Crippen LogP contribution in [0, 0.1) is 0 Å². The summed E-state index contributed by atoms with van der Waals surface area (Å²) in [6.45, 7) is 12.0. The molecule has 194 valence electrons. The van der Waals surface area contributed by atoms with Crippen LogP contribution in [0.2, 0.25) is 0 Å². The number of ether oxygens (including phenoxy) is 1. The van der Waals surface area contributed by atoms with E-state index in [2.05, 4.69) is 20.8 Å². The quantitative estimate of drug-likeness (QED) is 0.327. The van der Waals surface area contributed by atoms with E-state index in [4.69, 9.17) is 4.74 Å². The van der Waals surface area contributed by atoms with Crippen LogP contribution < -0.4 is 27.0 Å². The first-order valence-corrected chi connectivity index (χ1v) is 12.7. The fraction of sp³-hybridized carbons (Fsp3) is 0.290. The molecule has 38 heavy (non-hydrogen) atoms. The molecule has 0 aliphatic rings. The molecule has 0 radical (unpaired) electrons. The van der Waals surface area contributed by atoms with Crippen molar-refractivity contribution >= 4 is 21.5 Å². The van der Waals surface area contributed by atoms with Gasteiger partial charge in [-0.3, -0.25) is 23.7 Å². The van der Waals surface area contributed by atoms with Gasteiger partial charge in [0.05, 0.1) is 27.2 Å². The second kappa shape index (κ2) is 8.65. The van der Waals surface area contributed by atoms with E-state index in [1.54, 1.807) is 24.3 Å². The van der Waals surface area contributed by atoms with Gasteiger partial charge in [-0.2, -0.15) is 0 Å². The molecule has 0 fully saturated rings. The summed E-state index contributed by atoms with van der Waals surface area (Å²) >= 11 is 0. The van der Waals surface area contributed by atoms with Gasteiger partial charge in [-0.05, 0) is 79.8 Å². The summed E-state index contributed by atoms with van der Waals surface area (Å²) in [5.41, 5.74) is -1.04. The summed E-state index contributed by atoms with van der Waals surface area (Å²) in [6.07, 6.45) is 0.575. The zero-order valence-electron chi connectivity index (χ0n) is 22.4. The summed E-state index contributed by atoms with van der Waals surface area (Å²) < 4.78 is 8.21. The number of benzene rings is 3. The molecule has 7 heteroatoms. The summed E-state index contributed by atoms with van der Waals surface area (Å²) in [6, 6.07) is 17.3. The average molecular weight is 511 g/mol. The largest absolute Gasteiger partial charge is 0.457 e. The van der Waals surface area contributed by atoms with E-state index in [-0.39, 0.29) is 27.0 Å². The smallest absolute Gasteiger partial charge is 0.266 e. The predicted octanol–water partition coefficient (Wildman–Crippen LogP) is 5.14. The molecule has 0 unspecified atom stereocenters. The summed E-state index contributed by atoms with van der Waals surface area (Å²) in [5, 5.41) is 0.537. The van der Waals surface area contributed by atoms with Crippen molar-refractivity contribution in [3.8, 4) is 17.2 Å². The summed E-state index contributed by atoms with van der Waals surface area (Å²) in [4.78, 5) is 52.7. The van der Waals surface area contributed by atoms with Crippen LogP contribution in [0.3, 0.4) is 0 Å². The van der Waals surface area contributed by atoms with Gasteiger partial charge in [-0.1, -0.05) is 39.8 Å². The topological polar surface area (TPSA) is 87.4 Å². The third-order valence-corrected chi connectivity index (χ3v) is 7.41. The highest BCUT2D eigenvalue weighted by Crippen LogP contribution is 2.27. The number of aromatic nitrogens is 2. The lowest BCUT2D eigenvalue weighted by atomic mass is 9.87. The fourth-order valence-corrected chi connectivity index (χ4v) is 4.74. The van der Waals surface area contributed by atoms with Crippen LogP contribution in [0.5, 0.6) is 11.5 Å². The molecule has 0 amide bonds. The molecule has 2 heterocycles. The molecule has 2 aromatic heterocycles. The number of hydrogen-bond acceptors (Lipinski definition) is 5. The van der Waals surface area contributed by atoms with E-state index in [0.29, 0.717) is 23.6 Å². The molecule has 7 nitrogen and oxygen atoms in total. The van der Waals surface area contributed by atoms with E-state index in [1.165, 1.54) is 22.3 Å². The van der Waals surface area contributed by atoms with Gasteiger partial charge in [-0.25, -0.2) is 4.57 Å². The van der Waals surface area contributed by atoms with Crippen molar-refractivity contribution in [2.45, 2.75) is 58.9 Å². The first-order chi connectivity index (χ1) is 17.8. The monoisotopic (exact) mass is 510 g/mol. The Morgan fingerprint density at radius 1 is 0.632 bits per heavy atom. The SMILES string of the molecule is CCC(C)(C)n1c(=O)c2cc3c(=O)n(-c4ccc(Oc5ccc(C(C)(C)C)cc5)cc4)c(=O)c3cc2c1=O. The van der Waals surface area contributed by atoms with E-state index < -0.39 is 27.8 Å². The lowest BCUT2D eigenvalue weighted by molar-refractivity contribution is 0.328. The normalized spacial score (nSPS) is 12.5. The van der Waals surface area contributed by atoms with Crippen molar-refractivity contribution in [2.75, 3.05) is 0 Å². The summed E-state index contributed by atoms with van der Waals surface area (Å²) in [5.74, 6) is 1.23. The minimum absolute atomic E-state index is 0.0404. The molecule has 0 aliphatic carbocycles. The molecule has 5 rings (SSSR count). The predicted molar refractivity (Wildman–Crippen MR) is 151 cm³/mol. The first-order valence-electron chi connectivity index (χ1n) is 12.7. The number of nitrogens with zero attached hydrogens (tertiary/aromatic N) is 2. The van der Waals surface area contributed by atoms with Gasteiger partial charge in [0.2, 0.25) is 0 Å². The van der Waals surface area contributed by atoms with E-state index >= 15 is 0 Å². The number of hydrogen-bond donors (Lipinski definition) is 0. The zero-order chi connectivity index (χ0) is 27.6. The standard InChI is InChI=1S/C31H30N2O5/c1-7-31(5,6)33-28(36)24-16-22-23(17-25(24)29(33)37)27(35)32(26(22)34)19-10-14-21(15-11-19)38-20-12-8-18(9-13-20)30(2,3)4/h8-17H,7H2,1-6H3. The lowest BCUT2D eigenvalue weighted by Crippen LogP contribution is -2.40. The Hall–Kier alpha value is -4.26. The van der Waals surface area contributed by atoms with Gasteiger partial charge >= 0.3 is 0 Å². The van der Waals surface area contributed by atoms with Crippen LogP contribution in [0.4, 0.5) is 0 Å². The van der Waals surface area contributed by atoms with Crippen molar-refractivity contribution < 1.29 is 4.74 Å². The van der Waals surface area contributed by atoms with E-state index in [1.807, 2.05) is 45.0 Å². The van der Waals surface area contributed by atoms with Crippen molar-refractivity contribution in [2.24, 2.45) is 0 Å². The second-order valence-corrected chi connectivity index (χ2v) is 11.4. The molecular weight excluding hydrogens is 480 g/mol. The highest BCUT2D eigenvalue weighted by Gasteiger charge is 2.27. The lowest BCUT2D eigenvalue weighted by Gasteiger charge is -2.22. The molecule has 0 N–H and O–H groups in total. The maximum absolute atomic E-state index is 13.3. The molecule has 0 aliphatic heterocycles. The first kappa shape index (κ1) is 25.4. The minimum Gasteiger partial charge on any atom is -0.457 e. The van der Waals surface area contributed by atoms with Crippen molar-refractivity contribution in [3.63, 3.8) is 0 Å². The van der Waals surface area contributed by atoms with Crippen molar-refractivity contribution in [1.29, 1.82) is 0 Å². The van der Waals surface area contributed by atoms with Crippen LogP contribution in [0.1, 0.15) is 53.5 Å². The Labute approximate surface area is 219 Å². The van der Waals surface area contributed by atoms with E-state index in [0.717, 1.165) is 4.57 Å². The maximum atomic E-state index is 13.3. The Bertz CT molecular complexity index is 1810. The van der Waals surface area contributed by atoms with Crippen LogP contribution in [0.15, 0.2) is 79.8 Å². The van der Waals surface area contributed by atoms with Gasteiger partial charge in [0.15, 0.2) is 0 Å². The third kappa shape index (κ3) is 3.99. The maximum Gasteiger partial charge on any atom is 0.266 e. The van der Waals surface area contributed by atoms with E-state index in [9.17, 15) is 19.2 Å². The molecular formula is C31H30N2O5. The Balaban J connectivity index is 1.53. The van der Waals surface area contributed by atoms with Gasteiger partial charge in [0.1, 0.15) is 11.5 Å². The van der Waals surface area contributed by atoms with Crippen LogP contribution in [0.25, 0.3) is 27.2 Å². The molecule has 5 aromatic rings. The number of rotatable bonds is 5. The Morgan fingerprint density at radius 3 is 1.47 bits per heavy atom. The molecule has 0 saturated carbocycles. The van der Waals surface area contributed by atoms with Gasteiger partial charge < -0.3 is 4.74 Å². The minimum atomic E-state index is -0.684. The van der Waals surface area contributed by atoms with Crippen LogP contribution in [-0.4, -0.2) is 9.13 Å². The molecule has 0 saturated heterocycles. The highest BCUT2D eigenvalue weighted by atomic mass is 16.5. The molecule has 3 aromatic carbocycles. The second-order valence-electron chi connectivity index (χ2n) is 11.4. The third-order valence-electron chi connectivity index (χ3n) is 7.41. The summed E-state index contributed by atoms with van der Waals surface area (Å²) in [7, 11) is 0. The van der Waals surface area contributed by atoms with Gasteiger partial charge in [0.25, 0.3) is 22.2 Å². The average Bonchev–Trinajstić information content (AvgIpc) is 3.27.